The van der Waals surface area contributed by atoms with Crippen LogP contribution in [0.2, 0.25) is 5.02 Å². The zero-order chi connectivity index (χ0) is 18.9. The molecule has 0 saturated carbocycles. The van der Waals surface area contributed by atoms with Crippen LogP contribution in [0.3, 0.4) is 0 Å². The first-order valence-corrected chi connectivity index (χ1v) is 10.7. The molecule has 2 atom stereocenters. The van der Waals surface area contributed by atoms with Gasteiger partial charge in [-0.05, 0) is 37.1 Å². The number of halogens is 1. The largest absolute Gasteiger partial charge is 0.333 e. The van der Waals surface area contributed by atoms with Crippen LogP contribution in [0.4, 0.5) is 0 Å². The van der Waals surface area contributed by atoms with Gasteiger partial charge in [-0.3, -0.25) is 0 Å². The molecule has 5 nitrogen and oxygen atoms in total. The first-order chi connectivity index (χ1) is 13.7. The van der Waals surface area contributed by atoms with Gasteiger partial charge in [-0.15, -0.1) is 11.3 Å². The maximum absolute atomic E-state index is 6.07. The molecule has 0 radical (unpaired) electrons. The number of para-hydroxylation sites is 1. The third-order valence-electron chi connectivity index (χ3n) is 5.23. The molecule has 0 amide bonds. The standard InChI is InChI=1S/C21H19ClN4OS/c22-16-7-3-5-14(11-16)20-24-19(27-25-20)13-26-10-4-6-15(12-26)21-23-17-8-1-2-9-18(17)28-21/h1-3,5,7-9,11,15H,4,6,10,12-13H2/p+1/t15-/m0/s1. The zero-order valence-electron chi connectivity index (χ0n) is 15.3. The van der Waals surface area contributed by atoms with Crippen LogP contribution < -0.4 is 4.90 Å². The highest BCUT2D eigenvalue weighted by Gasteiger charge is 2.28. The lowest BCUT2D eigenvalue weighted by atomic mass is 9.99. The minimum atomic E-state index is 0.497. The Balaban J connectivity index is 1.29. The quantitative estimate of drug-likeness (QED) is 0.552. The number of hydrogen-bond acceptors (Lipinski definition) is 5. The van der Waals surface area contributed by atoms with E-state index in [1.807, 2.05) is 35.6 Å². The number of aromatic nitrogens is 3. The molecule has 1 aliphatic heterocycles. The number of likely N-dealkylation sites (tertiary alicyclic amines) is 1. The lowest BCUT2D eigenvalue weighted by Crippen LogP contribution is -3.12. The van der Waals surface area contributed by atoms with Crippen LogP contribution in [0.25, 0.3) is 21.6 Å². The minimum Gasteiger partial charge on any atom is -0.333 e. The van der Waals surface area contributed by atoms with Gasteiger partial charge in [-0.2, -0.15) is 4.98 Å². The molecule has 28 heavy (non-hydrogen) atoms. The normalized spacial score (nSPS) is 19.9. The van der Waals surface area contributed by atoms with Gasteiger partial charge in [0.15, 0.2) is 6.54 Å². The monoisotopic (exact) mass is 411 g/mol. The van der Waals surface area contributed by atoms with E-state index < -0.39 is 0 Å². The molecule has 2 aromatic heterocycles. The number of nitrogens with one attached hydrogen (secondary N) is 1. The Morgan fingerprint density at radius 3 is 2.96 bits per heavy atom. The van der Waals surface area contributed by atoms with Crippen LogP contribution >= 0.6 is 22.9 Å². The molecule has 0 spiro atoms. The van der Waals surface area contributed by atoms with Crippen molar-refractivity contribution >= 4 is 33.2 Å². The Hall–Kier alpha value is -2.28. The molecule has 5 rings (SSSR count). The highest BCUT2D eigenvalue weighted by atomic mass is 35.5. The second kappa shape index (κ2) is 7.62. The van der Waals surface area contributed by atoms with Crippen LogP contribution in [0, 0.1) is 0 Å². The Kier molecular flexibility index (Phi) is 4.84. The summed E-state index contributed by atoms with van der Waals surface area (Å²) in [5.41, 5.74) is 1.99. The van der Waals surface area contributed by atoms with E-state index in [1.54, 1.807) is 0 Å². The average Bonchev–Trinajstić information content (AvgIpc) is 3.35. The van der Waals surface area contributed by atoms with Gasteiger partial charge in [0, 0.05) is 10.6 Å². The summed E-state index contributed by atoms with van der Waals surface area (Å²) in [6, 6.07) is 15.9. The van der Waals surface area contributed by atoms with Crippen LogP contribution in [0.1, 0.15) is 29.7 Å². The summed E-state index contributed by atoms with van der Waals surface area (Å²) in [5.74, 6) is 1.77. The van der Waals surface area contributed by atoms with Gasteiger partial charge >= 0.3 is 0 Å². The number of piperidine rings is 1. The van der Waals surface area contributed by atoms with Gasteiger partial charge in [0.05, 0.1) is 29.2 Å². The van der Waals surface area contributed by atoms with Crippen LogP contribution in [-0.2, 0) is 6.54 Å². The van der Waals surface area contributed by atoms with Gasteiger partial charge in [-0.1, -0.05) is 41.0 Å². The summed E-state index contributed by atoms with van der Waals surface area (Å²) in [7, 11) is 0. The number of fused-ring (bicyclic) bond motifs is 1. The van der Waals surface area contributed by atoms with Crippen LogP contribution in [0.15, 0.2) is 53.1 Å². The van der Waals surface area contributed by atoms with E-state index in [0.29, 0.717) is 22.7 Å². The average molecular weight is 412 g/mol. The molecule has 7 heteroatoms. The van der Waals surface area contributed by atoms with E-state index in [4.69, 9.17) is 21.1 Å². The number of nitrogens with zero attached hydrogens (tertiary/aromatic N) is 3. The van der Waals surface area contributed by atoms with Crippen molar-refractivity contribution in [1.29, 1.82) is 0 Å². The number of rotatable bonds is 4. The van der Waals surface area contributed by atoms with Crippen molar-refractivity contribution in [3.05, 3.63) is 64.5 Å². The fourth-order valence-electron chi connectivity index (χ4n) is 3.87. The summed E-state index contributed by atoms with van der Waals surface area (Å²) in [4.78, 5) is 10.9. The maximum Gasteiger partial charge on any atom is 0.282 e. The van der Waals surface area contributed by atoms with Gasteiger partial charge in [0.2, 0.25) is 5.82 Å². The zero-order valence-corrected chi connectivity index (χ0v) is 16.8. The number of hydrogen-bond donors (Lipinski definition) is 1. The Morgan fingerprint density at radius 2 is 2.07 bits per heavy atom. The molecule has 142 valence electrons. The highest BCUT2D eigenvalue weighted by molar-refractivity contribution is 7.18. The maximum atomic E-state index is 6.07. The molecule has 1 unspecified atom stereocenters. The molecule has 1 aliphatic rings. The van der Waals surface area contributed by atoms with Crippen molar-refractivity contribution in [1.82, 2.24) is 15.1 Å². The summed E-state index contributed by atoms with van der Waals surface area (Å²) in [6.45, 7) is 2.92. The van der Waals surface area contributed by atoms with Gasteiger partial charge in [0.25, 0.3) is 5.89 Å². The summed E-state index contributed by atoms with van der Waals surface area (Å²) in [6.07, 6.45) is 2.38. The molecule has 1 fully saturated rings. The van der Waals surface area contributed by atoms with Gasteiger partial charge < -0.3 is 9.42 Å². The Morgan fingerprint density at radius 1 is 1.14 bits per heavy atom. The number of thiazole rings is 1. The predicted molar refractivity (Wildman–Crippen MR) is 111 cm³/mol. The van der Waals surface area contributed by atoms with Gasteiger partial charge in [-0.25, -0.2) is 4.98 Å². The number of benzene rings is 2. The molecular weight excluding hydrogens is 392 g/mol. The number of quaternary nitrogens is 1. The highest BCUT2D eigenvalue weighted by Crippen LogP contribution is 2.30. The van der Waals surface area contributed by atoms with E-state index in [0.717, 1.165) is 30.7 Å². The molecule has 1 saturated heterocycles. The van der Waals surface area contributed by atoms with Crippen molar-refractivity contribution in [3.8, 4) is 11.4 Å². The summed E-state index contributed by atoms with van der Waals surface area (Å²) < 4.78 is 6.78. The fraction of sp³-hybridized carbons (Fsp3) is 0.286. The Labute approximate surface area is 172 Å². The SMILES string of the molecule is Clc1cccc(-c2noc(C[NH+]3CCC[C@H](c4nc5ccccc5s4)C3)n2)c1. The lowest BCUT2D eigenvalue weighted by Gasteiger charge is -2.27. The van der Waals surface area contributed by atoms with Crippen molar-refractivity contribution in [2.75, 3.05) is 13.1 Å². The van der Waals surface area contributed by atoms with Gasteiger partial charge in [0.1, 0.15) is 5.01 Å². The molecular formula is C21H20ClN4OS+. The van der Waals surface area contributed by atoms with Crippen molar-refractivity contribution in [3.63, 3.8) is 0 Å². The molecule has 4 aromatic rings. The van der Waals surface area contributed by atoms with Crippen molar-refractivity contribution in [2.24, 2.45) is 0 Å². The molecule has 0 bridgehead atoms. The molecule has 1 N–H and O–H groups in total. The third kappa shape index (κ3) is 3.68. The first kappa shape index (κ1) is 17.8. The fourth-order valence-corrected chi connectivity index (χ4v) is 5.16. The lowest BCUT2D eigenvalue weighted by molar-refractivity contribution is -0.921. The topological polar surface area (TPSA) is 56.2 Å². The molecule has 3 heterocycles. The van der Waals surface area contributed by atoms with E-state index in [-0.39, 0.29) is 0 Å². The Bertz CT molecular complexity index is 1080. The minimum absolute atomic E-state index is 0.497. The third-order valence-corrected chi connectivity index (χ3v) is 6.66. The predicted octanol–water partition coefficient (Wildman–Crippen LogP) is 3.96. The van der Waals surface area contributed by atoms with E-state index in [1.165, 1.54) is 27.4 Å². The van der Waals surface area contributed by atoms with Crippen LogP contribution in [0.5, 0.6) is 0 Å². The van der Waals surface area contributed by atoms with Crippen molar-refractivity contribution in [2.45, 2.75) is 25.3 Å². The van der Waals surface area contributed by atoms with E-state index in [9.17, 15) is 0 Å². The van der Waals surface area contributed by atoms with E-state index >= 15 is 0 Å². The van der Waals surface area contributed by atoms with Crippen LogP contribution in [-0.4, -0.2) is 28.2 Å². The summed E-state index contributed by atoms with van der Waals surface area (Å²) in [5, 5.41) is 6.05. The second-order valence-corrected chi connectivity index (χ2v) is 8.76. The smallest absolute Gasteiger partial charge is 0.282 e. The van der Waals surface area contributed by atoms with E-state index in [2.05, 4.69) is 34.4 Å². The van der Waals surface area contributed by atoms with Crippen molar-refractivity contribution < 1.29 is 9.42 Å². The molecule has 2 aromatic carbocycles. The summed E-state index contributed by atoms with van der Waals surface area (Å²) >= 11 is 7.89. The molecule has 0 aliphatic carbocycles. The first-order valence-electron chi connectivity index (χ1n) is 9.52. The second-order valence-electron chi connectivity index (χ2n) is 7.26.